The fourth-order valence-corrected chi connectivity index (χ4v) is 0.714. The van der Waals surface area contributed by atoms with E-state index in [0.29, 0.717) is 5.57 Å². The molecule has 14 heavy (non-hydrogen) atoms. The van der Waals surface area contributed by atoms with E-state index in [2.05, 4.69) is 6.58 Å². The van der Waals surface area contributed by atoms with Gasteiger partial charge in [-0.05, 0) is 12.0 Å². The maximum Gasteiger partial charge on any atom is 0.265 e. The highest BCUT2D eigenvalue weighted by molar-refractivity contribution is 5.99. The van der Waals surface area contributed by atoms with Crippen molar-refractivity contribution in [2.75, 3.05) is 0 Å². The number of nitrogens with one attached hydrogen (secondary N) is 2. The molecule has 0 aliphatic carbocycles. The molecular weight excluding hydrogens is 178 g/mol. The number of nitrogens with two attached hydrogens (primary N) is 1. The molecule has 4 nitrogen and oxygen atoms in total. The van der Waals surface area contributed by atoms with Gasteiger partial charge in [0.1, 0.15) is 0 Å². The molecule has 0 rings (SSSR count). The van der Waals surface area contributed by atoms with E-state index in [0.717, 1.165) is 6.21 Å². The lowest BCUT2D eigenvalue weighted by Crippen LogP contribution is -2.31. The fraction of sp³-hybridized carbons (Fsp3) is 0.200. The summed E-state index contributed by atoms with van der Waals surface area (Å²) in [6.45, 7) is 5.55. The first-order valence-corrected chi connectivity index (χ1v) is 4.18. The zero-order valence-corrected chi connectivity index (χ0v) is 8.16. The summed E-state index contributed by atoms with van der Waals surface area (Å²) in [7, 11) is 0. The van der Waals surface area contributed by atoms with Gasteiger partial charge in [-0.25, -0.2) is 5.84 Å². The summed E-state index contributed by atoms with van der Waals surface area (Å²) in [5.41, 5.74) is 2.35. The lowest BCUT2D eigenvalue weighted by molar-refractivity contribution is -0.117. The first kappa shape index (κ1) is 12.3. The quantitative estimate of drug-likeness (QED) is 0.115. The number of carbonyl (C=O) groups is 1. The zero-order valence-electron chi connectivity index (χ0n) is 8.16. The Kier molecular flexibility index (Phi) is 5.98. The van der Waals surface area contributed by atoms with Crippen LogP contribution in [0, 0.1) is 11.3 Å². The topological polar surface area (TPSA) is 79.0 Å². The molecule has 0 aromatic rings. The average Bonchev–Trinajstić information content (AvgIpc) is 2.22. The maximum absolute atomic E-state index is 11.1. The summed E-state index contributed by atoms with van der Waals surface area (Å²) >= 11 is 0. The normalized spacial score (nSPS) is 13.7. The van der Waals surface area contributed by atoms with E-state index in [1.54, 1.807) is 18.2 Å². The van der Waals surface area contributed by atoms with Gasteiger partial charge >= 0.3 is 0 Å². The number of carbonyl (C=O) groups excluding carboxylic acids is 1. The molecule has 0 spiro atoms. The predicted octanol–water partition coefficient (Wildman–Crippen LogP) is 0.931. The van der Waals surface area contributed by atoms with Crippen LogP contribution in [0.1, 0.15) is 6.92 Å². The maximum atomic E-state index is 11.1. The molecule has 76 valence electrons. The molecule has 1 amide bonds. The molecule has 4 N–H and O–H groups in total. The summed E-state index contributed by atoms with van der Waals surface area (Å²) in [6.07, 6.45) is 7.57. The molecule has 0 saturated heterocycles. The number of allylic oxidation sites excluding steroid dienone is 3. The van der Waals surface area contributed by atoms with Gasteiger partial charge in [-0.1, -0.05) is 25.2 Å². The van der Waals surface area contributed by atoms with Gasteiger partial charge in [0.05, 0.1) is 0 Å². The molecule has 1 atom stereocenters. The van der Waals surface area contributed by atoms with Crippen LogP contribution in [0.3, 0.4) is 0 Å². The number of hydrazine groups is 1. The van der Waals surface area contributed by atoms with Gasteiger partial charge in [0.2, 0.25) is 0 Å². The third-order valence-corrected chi connectivity index (χ3v) is 1.61. The van der Waals surface area contributed by atoms with Crippen LogP contribution in [-0.2, 0) is 4.79 Å². The summed E-state index contributed by atoms with van der Waals surface area (Å²) in [6, 6.07) is 0. The minimum absolute atomic E-state index is 0.176. The van der Waals surface area contributed by atoms with Crippen molar-refractivity contribution in [2.24, 2.45) is 11.8 Å². The molecule has 0 fully saturated rings. The Hall–Kier alpha value is -1.68. The molecular formula is C10H15N3O. The minimum atomic E-state index is -0.416. The molecule has 1 unspecified atom stereocenters. The van der Waals surface area contributed by atoms with Crippen LogP contribution < -0.4 is 11.3 Å². The SMILES string of the molecule is C=CC(C)/C=C\C(=C/C=N)C(=O)NN. The third-order valence-electron chi connectivity index (χ3n) is 1.61. The van der Waals surface area contributed by atoms with Crippen molar-refractivity contribution in [2.45, 2.75) is 6.92 Å². The average molecular weight is 193 g/mol. The smallest absolute Gasteiger partial charge is 0.265 e. The third kappa shape index (κ3) is 4.37. The van der Waals surface area contributed by atoms with Gasteiger partial charge in [-0.2, -0.15) is 0 Å². The Morgan fingerprint density at radius 3 is 2.71 bits per heavy atom. The van der Waals surface area contributed by atoms with Crippen molar-refractivity contribution < 1.29 is 4.79 Å². The Morgan fingerprint density at radius 2 is 2.29 bits per heavy atom. The van der Waals surface area contributed by atoms with Crippen molar-refractivity contribution in [3.8, 4) is 0 Å². The fourth-order valence-electron chi connectivity index (χ4n) is 0.714. The zero-order chi connectivity index (χ0) is 11.0. The number of hydrogen-bond acceptors (Lipinski definition) is 3. The predicted molar refractivity (Wildman–Crippen MR) is 57.7 cm³/mol. The monoisotopic (exact) mass is 193 g/mol. The minimum Gasteiger partial charge on any atom is -0.309 e. The Morgan fingerprint density at radius 1 is 1.64 bits per heavy atom. The second-order valence-electron chi connectivity index (χ2n) is 2.72. The van der Waals surface area contributed by atoms with E-state index < -0.39 is 5.91 Å². The van der Waals surface area contributed by atoms with Crippen LogP contribution in [0.25, 0.3) is 0 Å². The molecule has 0 aromatic carbocycles. The van der Waals surface area contributed by atoms with E-state index in [1.165, 1.54) is 6.08 Å². The number of hydrogen-bond donors (Lipinski definition) is 3. The van der Waals surface area contributed by atoms with Gasteiger partial charge in [-0.15, -0.1) is 6.58 Å². The van der Waals surface area contributed by atoms with Gasteiger partial charge < -0.3 is 5.41 Å². The first-order chi connectivity index (χ1) is 6.65. The largest absolute Gasteiger partial charge is 0.309 e. The van der Waals surface area contributed by atoms with Crippen LogP contribution in [0.2, 0.25) is 0 Å². The van der Waals surface area contributed by atoms with Crippen molar-refractivity contribution in [3.05, 3.63) is 36.5 Å². The van der Waals surface area contributed by atoms with Gasteiger partial charge in [0.15, 0.2) is 0 Å². The Bertz CT molecular complexity index is 279. The van der Waals surface area contributed by atoms with Crippen LogP contribution in [0.4, 0.5) is 0 Å². The van der Waals surface area contributed by atoms with Crippen LogP contribution >= 0.6 is 0 Å². The van der Waals surface area contributed by atoms with Gasteiger partial charge in [0, 0.05) is 11.8 Å². The molecule has 0 radical (unpaired) electrons. The van der Waals surface area contributed by atoms with Crippen molar-refractivity contribution >= 4 is 12.1 Å². The lowest BCUT2D eigenvalue weighted by atomic mass is 10.1. The second kappa shape index (κ2) is 6.80. The summed E-state index contributed by atoms with van der Waals surface area (Å²) in [5.74, 6) is 4.73. The molecule has 0 aromatic heterocycles. The van der Waals surface area contributed by atoms with E-state index >= 15 is 0 Å². The standard InChI is InChI=1S/C10H15N3O/c1-3-8(2)4-5-9(6-7-11)10(14)13-12/h3-8,11H,1,12H2,2H3,(H,13,14)/b5-4-,9-6+,11-7?. The van der Waals surface area contributed by atoms with Crippen LogP contribution in [-0.4, -0.2) is 12.1 Å². The summed E-state index contributed by atoms with van der Waals surface area (Å²) < 4.78 is 0. The first-order valence-electron chi connectivity index (χ1n) is 4.18. The van der Waals surface area contributed by atoms with Crippen LogP contribution in [0.5, 0.6) is 0 Å². The Labute approximate surface area is 83.7 Å². The number of rotatable bonds is 5. The van der Waals surface area contributed by atoms with E-state index in [1.807, 2.05) is 12.3 Å². The van der Waals surface area contributed by atoms with Crippen molar-refractivity contribution in [1.82, 2.24) is 5.43 Å². The van der Waals surface area contributed by atoms with Gasteiger partial charge in [-0.3, -0.25) is 10.2 Å². The number of amides is 1. The van der Waals surface area contributed by atoms with E-state index in [4.69, 9.17) is 11.3 Å². The molecule has 0 saturated carbocycles. The van der Waals surface area contributed by atoms with Crippen molar-refractivity contribution in [3.63, 3.8) is 0 Å². The highest BCUT2D eigenvalue weighted by Crippen LogP contribution is 2.02. The van der Waals surface area contributed by atoms with Crippen molar-refractivity contribution in [1.29, 1.82) is 5.41 Å². The highest BCUT2D eigenvalue weighted by Gasteiger charge is 2.02. The van der Waals surface area contributed by atoms with Crippen LogP contribution in [0.15, 0.2) is 36.5 Å². The molecule has 4 heteroatoms. The summed E-state index contributed by atoms with van der Waals surface area (Å²) in [5, 5.41) is 6.86. The van der Waals surface area contributed by atoms with E-state index in [-0.39, 0.29) is 5.92 Å². The summed E-state index contributed by atoms with van der Waals surface area (Å²) in [4.78, 5) is 11.1. The molecule has 0 heterocycles. The molecule has 0 aliphatic rings. The molecule has 0 bridgehead atoms. The molecule has 0 aliphatic heterocycles. The van der Waals surface area contributed by atoms with E-state index in [9.17, 15) is 4.79 Å². The second-order valence-corrected chi connectivity index (χ2v) is 2.72. The highest BCUT2D eigenvalue weighted by atomic mass is 16.2. The Balaban J connectivity index is 4.61. The lowest BCUT2D eigenvalue weighted by Gasteiger charge is -2.00. The van der Waals surface area contributed by atoms with Gasteiger partial charge in [0.25, 0.3) is 5.91 Å².